The van der Waals surface area contributed by atoms with Gasteiger partial charge in [-0.3, -0.25) is 4.79 Å². The Hall–Kier alpha value is -1.62. The Labute approximate surface area is 73.4 Å². The van der Waals surface area contributed by atoms with E-state index in [0.29, 0.717) is 0 Å². The van der Waals surface area contributed by atoms with Gasteiger partial charge in [0, 0.05) is 5.56 Å². The maximum Gasteiger partial charge on any atom is 0.325 e. The molecule has 0 spiro atoms. The van der Waals surface area contributed by atoms with Crippen molar-refractivity contribution in [3.8, 4) is 5.75 Å². The first-order valence-corrected chi connectivity index (χ1v) is 3.50. The number of phenolic OH excluding ortho intramolecular Hbond substituents is 1. The summed E-state index contributed by atoms with van der Waals surface area (Å²) in [5, 5.41) is 17.6. The highest BCUT2D eigenvalue weighted by atomic mass is 19.1. The van der Waals surface area contributed by atoms with E-state index in [1.807, 2.05) is 0 Å². The standard InChI is InChI=1S/C8H8FNO3/c9-5-3-1-2-4(7(5)11)6(10)8(12)13/h1-3,6,11H,10H2,(H,12,13). The number of aromatic hydroxyl groups is 1. The minimum absolute atomic E-state index is 0.132. The first kappa shape index (κ1) is 9.47. The van der Waals surface area contributed by atoms with E-state index >= 15 is 0 Å². The fourth-order valence-corrected chi connectivity index (χ4v) is 0.916. The molecular formula is C8H8FNO3. The molecule has 0 aromatic heterocycles. The molecule has 4 nitrogen and oxygen atoms in total. The van der Waals surface area contributed by atoms with Crippen molar-refractivity contribution in [3.63, 3.8) is 0 Å². The predicted molar refractivity (Wildman–Crippen MR) is 42.6 cm³/mol. The summed E-state index contributed by atoms with van der Waals surface area (Å²) in [6.45, 7) is 0. The monoisotopic (exact) mass is 185 g/mol. The van der Waals surface area contributed by atoms with Crippen LogP contribution in [0, 0.1) is 5.82 Å². The Kier molecular flexibility index (Phi) is 2.48. The normalized spacial score (nSPS) is 12.5. The third-order valence-electron chi connectivity index (χ3n) is 1.62. The third-order valence-corrected chi connectivity index (χ3v) is 1.62. The zero-order valence-electron chi connectivity index (χ0n) is 6.57. The SMILES string of the molecule is NC(C(=O)O)c1cccc(F)c1O. The summed E-state index contributed by atoms with van der Waals surface area (Å²) in [6, 6.07) is 2.16. The molecule has 0 aliphatic heterocycles. The number of phenols is 1. The Bertz CT molecular complexity index is 340. The number of carboxylic acids is 1. The van der Waals surface area contributed by atoms with Gasteiger partial charge in [0.25, 0.3) is 0 Å². The van der Waals surface area contributed by atoms with Crippen LogP contribution in [0.2, 0.25) is 0 Å². The summed E-state index contributed by atoms with van der Waals surface area (Å²) in [7, 11) is 0. The summed E-state index contributed by atoms with van der Waals surface area (Å²) >= 11 is 0. The van der Waals surface area contributed by atoms with Crippen molar-refractivity contribution in [2.45, 2.75) is 6.04 Å². The molecule has 1 unspecified atom stereocenters. The van der Waals surface area contributed by atoms with E-state index < -0.39 is 23.6 Å². The van der Waals surface area contributed by atoms with E-state index in [2.05, 4.69) is 0 Å². The molecule has 1 aromatic rings. The van der Waals surface area contributed by atoms with Crippen molar-refractivity contribution in [1.82, 2.24) is 0 Å². The number of hydrogen-bond donors (Lipinski definition) is 3. The smallest absolute Gasteiger partial charge is 0.325 e. The second kappa shape index (κ2) is 3.40. The van der Waals surface area contributed by atoms with Gasteiger partial charge in [0.1, 0.15) is 6.04 Å². The second-order valence-electron chi connectivity index (χ2n) is 2.49. The Morgan fingerprint density at radius 3 is 2.69 bits per heavy atom. The maximum absolute atomic E-state index is 12.7. The molecule has 1 atom stereocenters. The third kappa shape index (κ3) is 1.75. The number of halogens is 1. The lowest BCUT2D eigenvalue weighted by Crippen LogP contribution is -2.20. The topological polar surface area (TPSA) is 83.6 Å². The fourth-order valence-electron chi connectivity index (χ4n) is 0.916. The summed E-state index contributed by atoms with van der Waals surface area (Å²) in [4.78, 5) is 10.4. The second-order valence-corrected chi connectivity index (χ2v) is 2.49. The van der Waals surface area contributed by atoms with Crippen LogP contribution in [0.3, 0.4) is 0 Å². The number of carboxylic acid groups (broad SMARTS) is 1. The molecule has 0 bridgehead atoms. The summed E-state index contributed by atoms with van der Waals surface area (Å²) in [5.41, 5.74) is 5.05. The van der Waals surface area contributed by atoms with E-state index in [0.717, 1.165) is 6.07 Å². The van der Waals surface area contributed by atoms with Crippen LogP contribution in [-0.4, -0.2) is 16.2 Å². The Morgan fingerprint density at radius 2 is 2.15 bits per heavy atom. The average Bonchev–Trinajstić information content (AvgIpc) is 2.08. The van der Waals surface area contributed by atoms with Gasteiger partial charge in [-0.1, -0.05) is 12.1 Å². The number of rotatable bonds is 2. The fraction of sp³-hybridized carbons (Fsp3) is 0.125. The van der Waals surface area contributed by atoms with Crippen molar-refractivity contribution in [1.29, 1.82) is 0 Å². The number of benzene rings is 1. The predicted octanol–water partition coefficient (Wildman–Crippen LogP) is 0.616. The van der Waals surface area contributed by atoms with Gasteiger partial charge >= 0.3 is 5.97 Å². The van der Waals surface area contributed by atoms with Crippen molar-refractivity contribution in [2.24, 2.45) is 5.73 Å². The molecule has 5 heteroatoms. The molecule has 0 fully saturated rings. The molecular weight excluding hydrogens is 177 g/mol. The van der Waals surface area contributed by atoms with E-state index in [9.17, 15) is 9.18 Å². The van der Waals surface area contributed by atoms with Gasteiger partial charge in [-0.05, 0) is 6.07 Å². The largest absolute Gasteiger partial charge is 0.505 e. The van der Waals surface area contributed by atoms with Crippen LogP contribution < -0.4 is 5.73 Å². The van der Waals surface area contributed by atoms with Crippen LogP contribution in [0.25, 0.3) is 0 Å². The van der Waals surface area contributed by atoms with Crippen LogP contribution in [0.5, 0.6) is 5.75 Å². The molecule has 0 aliphatic carbocycles. The van der Waals surface area contributed by atoms with Crippen molar-refractivity contribution in [2.75, 3.05) is 0 Å². The molecule has 4 N–H and O–H groups in total. The number of aliphatic carboxylic acids is 1. The van der Waals surface area contributed by atoms with Crippen molar-refractivity contribution >= 4 is 5.97 Å². The van der Waals surface area contributed by atoms with Crippen LogP contribution in [0.15, 0.2) is 18.2 Å². The molecule has 0 radical (unpaired) electrons. The number of para-hydroxylation sites is 1. The molecule has 0 aliphatic rings. The average molecular weight is 185 g/mol. The highest BCUT2D eigenvalue weighted by Crippen LogP contribution is 2.25. The number of hydrogen-bond acceptors (Lipinski definition) is 3. The van der Waals surface area contributed by atoms with Gasteiger partial charge in [0.2, 0.25) is 0 Å². The van der Waals surface area contributed by atoms with E-state index in [-0.39, 0.29) is 5.56 Å². The molecule has 1 aromatic carbocycles. The van der Waals surface area contributed by atoms with Gasteiger partial charge in [-0.25, -0.2) is 4.39 Å². The Balaban J connectivity index is 3.15. The quantitative estimate of drug-likeness (QED) is 0.630. The Morgan fingerprint density at radius 1 is 1.54 bits per heavy atom. The van der Waals surface area contributed by atoms with Gasteiger partial charge in [0.05, 0.1) is 0 Å². The van der Waals surface area contributed by atoms with Crippen LogP contribution in [0.1, 0.15) is 11.6 Å². The van der Waals surface area contributed by atoms with Crippen LogP contribution >= 0.6 is 0 Å². The lowest BCUT2D eigenvalue weighted by atomic mass is 10.1. The van der Waals surface area contributed by atoms with Gasteiger partial charge < -0.3 is 15.9 Å². The van der Waals surface area contributed by atoms with Gasteiger partial charge in [-0.2, -0.15) is 0 Å². The van der Waals surface area contributed by atoms with Crippen molar-refractivity contribution < 1.29 is 19.4 Å². The molecule has 0 amide bonds. The highest BCUT2D eigenvalue weighted by molar-refractivity contribution is 5.76. The van der Waals surface area contributed by atoms with Crippen LogP contribution in [0.4, 0.5) is 4.39 Å². The number of nitrogens with two attached hydrogens (primary N) is 1. The van der Waals surface area contributed by atoms with Gasteiger partial charge in [0.15, 0.2) is 11.6 Å². The first-order valence-electron chi connectivity index (χ1n) is 3.50. The molecule has 70 valence electrons. The lowest BCUT2D eigenvalue weighted by Gasteiger charge is -2.08. The summed E-state index contributed by atoms with van der Waals surface area (Å²) in [5.74, 6) is -2.91. The van der Waals surface area contributed by atoms with E-state index in [1.165, 1.54) is 12.1 Å². The maximum atomic E-state index is 12.7. The highest BCUT2D eigenvalue weighted by Gasteiger charge is 2.19. The van der Waals surface area contributed by atoms with Crippen LogP contribution in [-0.2, 0) is 4.79 Å². The molecule has 0 saturated carbocycles. The first-order chi connectivity index (χ1) is 6.04. The summed E-state index contributed by atoms with van der Waals surface area (Å²) < 4.78 is 12.7. The zero-order valence-corrected chi connectivity index (χ0v) is 6.57. The minimum Gasteiger partial charge on any atom is -0.505 e. The zero-order chi connectivity index (χ0) is 10.0. The molecule has 0 saturated heterocycles. The minimum atomic E-state index is -1.41. The van der Waals surface area contributed by atoms with Gasteiger partial charge in [-0.15, -0.1) is 0 Å². The lowest BCUT2D eigenvalue weighted by molar-refractivity contribution is -0.138. The van der Waals surface area contributed by atoms with Crippen molar-refractivity contribution in [3.05, 3.63) is 29.6 Å². The molecule has 1 rings (SSSR count). The number of carbonyl (C=O) groups is 1. The van der Waals surface area contributed by atoms with E-state index in [1.54, 1.807) is 0 Å². The molecule has 0 heterocycles. The summed E-state index contributed by atoms with van der Waals surface area (Å²) in [6.07, 6.45) is 0. The molecule has 13 heavy (non-hydrogen) atoms. The van der Waals surface area contributed by atoms with E-state index in [4.69, 9.17) is 15.9 Å².